The maximum Gasteiger partial charge on any atom is 1.00 e. The standard InChI is InChI=1S/C20H13O4P.K/c21-25(22)23-17-11-9-13-5-1-3-7-15(13)19(17)20-16-8-4-2-6-14(16)10-12-18(20)24-25;/h1-12H,(H,21,22);/q;+1/p-1. The Morgan fingerprint density at radius 3 is 1.54 bits per heavy atom. The first kappa shape index (κ1) is 18.2. The third-order valence-electron chi connectivity index (χ3n) is 4.45. The summed E-state index contributed by atoms with van der Waals surface area (Å²) in [6, 6.07) is 22.7. The fourth-order valence-electron chi connectivity index (χ4n) is 3.43. The Morgan fingerprint density at radius 2 is 1.08 bits per heavy atom. The molecule has 0 unspecified atom stereocenters. The Bertz CT molecular complexity index is 1110. The van der Waals surface area contributed by atoms with Crippen molar-refractivity contribution in [2.45, 2.75) is 0 Å². The average molecular weight is 386 g/mol. The minimum atomic E-state index is -4.50. The number of hydrogen-bond acceptors (Lipinski definition) is 4. The van der Waals surface area contributed by atoms with Crippen molar-refractivity contribution < 1.29 is 69.9 Å². The SMILES string of the molecule is O=P1([O-])Oc2ccc3ccccc3c2-c2c(ccc3ccccc23)O1.[K+]. The van der Waals surface area contributed by atoms with Crippen LogP contribution in [-0.4, -0.2) is 0 Å². The van der Waals surface area contributed by atoms with Gasteiger partial charge < -0.3 is 13.9 Å². The molecule has 0 fully saturated rings. The van der Waals surface area contributed by atoms with Crippen molar-refractivity contribution in [1.29, 1.82) is 0 Å². The van der Waals surface area contributed by atoms with Crippen molar-refractivity contribution in [1.82, 2.24) is 0 Å². The van der Waals surface area contributed by atoms with Crippen LogP contribution < -0.4 is 65.3 Å². The van der Waals surface area contributed by atoms with Crippen molar-refractivity contribution in [3.05, 3.63) is 72.8 Å². The van der Waals surface area contributed by atoms with E-state index in [4.69, 9.17) is 9.05 Å². The molecule has 26 heavy (non-hydrogen) atoms. The number of rotatable bonds is 0. The Hall–Kier alpha value is -1.17. The Kier molecular flexibility index (Phi) is 4.74. The molecule has 0 bridgehead atoms. The van der Waals surface area contributed by atoms with Gasteiger partial charge in [0.05, 0.1) is 0 Å². The van der Waals surface area contributed by atoms with Gasteiger partial charge in [-0.2, -0.15) is 0 Å². The molecule has 0 N–H and O–H groups in total. The first-order valence-corrected chi connectivity index (χ1v) is 9.33. The fourth-order valence-corrected chi connectivity index (χ4v) is 4.25. The van der Waals surface area contributed by atoms with E-state index in [1.54, 1.807) is 12.1 Å². The summed E-state index contributed by atoms with van der Waals surface area (Å²) in [7, 11) is -4.50. The smallest absolute Gasteiger partial charge is 0.736 e. The van der Waals surface area contributed by atoms with Crippen LogP contribution in [0.15, 0.2) is 72.8 Å². The van der Waals surface area contributed by atoms with Crippen molar-refractivity contribution in [2.75, 3.05) is 0 Å². The summed E-state index contributed by atoms with van der Waals surface area (Å²) in [6.07, 6.45) is 0. The van der Waals surface area contributed by atoms with Gasteiger partial charge >= 0.3 is 59.2 Å². The Morgan fingerprint density at radius 1 is 0.654 bits per heavy atom. The number of benzene rings is 4. The third-order valence-corrected chi connectivity index (χ3v) is 5.29. The molecule has 0 saturated carbocycles. The van der Waals surface area contributed by atoms with E-state index in [0.29, 0.717) is 0 Å². The zero-order valence-corrected chi connectivity index (χ0v) is 18.0. The molecule has 0 saturated heterocycles. The summed E-state index contributed by atoms with van der Waals surface area (Å²) in [5, 5.41) is 3.85. The first-order valence-electron chi connectivity index (χ1n) is 7.86. The van der Waals surface area contributed by atoms with E-state index in [1.807, 2.05) is 60.7 Å². The normalized spacial score (nSPS) is 14.3. The molecule has 4 aromatic carbocycles. The molecule has 6 heteroatoms. The maximum atomic E-state index is 12.3. The topological polar surface area (TPSA) is 58.6 Å². The van der Waals surface area contributed by atoms with Gasteiger partial charge in [0.15, 0.2) is 0 Å². The second-order valence-corrected chi connectivity index (χ2v) is 7.21. The van der Waals surface area contributed by atoms with E-state index in [-0.39, 0.29) is 62.9 Å². The monoisotopic (exact) mass is 386 g/mol. The van der Waals surface area contributed by atoms with Crippen LogP contribution in [0.1, 0.15) is 0 Å². The van der Waals surface area contributed by atoms with E-state index in [2.05, 4.69) is 0 Å². The molecule has 1 aliphatic heterocycles. The van der Waals surface area contributed by atoms with Gasteiger partial charge in [0, 0.05) is 11.1 Å². The predicted octanol–water partition coefficient (Wildman–Crippen LogP) is 1.90. The number of phosphoric acid groups is 1. The van der Waals surface area contributed by atoms with E-state index in [0.717, 1.165) is 32.7 Å². The molecule has 0 atom stereocenters. The molecule has 1 aliphatic rings. The molecule has 4 aromatic rings. The quantitative estimate of drug-likeness (QED) is 0.342. The van der Waals surface area contributed by atoms with Crippen LogP contribution in [0.4, 0.5) is 0 Å². The molecule has 1 heterocycles. The van der Waals surface area contributed by atoms with Gasteiger partial charge in [-0.05, 0) is 33.7 Å². The van der Waals surface area contributed by atoms with Crippen LogP contribution in [0.25, 0.3) is 32.7 Å². The summed E-state index contributed by atoms with van der Waals surface area (Å²) < 4.78 is 22.8. The molecule has 0 amide bonds. The minimum absolute atomic E-state index is 0. The fraction of sp³-hybridized carbons (Fsp3) is 0. The third kappa shape index (κ3) is 2.94. The zero-order valence-electron chi connectivity index (χ0n) is 14.0. The number of phosphoric ester groups is 1. The molecule has 0 spiro atoms. The van der Waals surface area contributed by atoms with Gasteiger partial charge in [-0.3, -0.25) is 0 Å². The Balaban J connectivity index is 0.00000168. The zero-order chi connectivity index (χ0) is 17.0. The van der Waals surface area contributed by atoms with Crippen LogP contribution in [0.5, 0.6) is 11.5 Å². The molecule has 0 aliphatic carbocycles. The van der Waals surface area contributed by atoms with Gasteiger partial charge in [-0.15, -0.1) is 0 Å². The van der Waals surface area contributed by atoms with Crippen molar-refractivity contribution in [2.24, 2.45) is 0 Å². The maximum absolute atomic E-state index is 12.3. The van der Waals surface area contributed by atoms with E-state index in [9.17, 15) is 9.46 Å². The first-order chi connectivity index (χ1) is 12.1. The summed E-state index contributed by atoms with van der Waals surface area (Å²) in [5.74, 6) is 0.569. The van der Waals surface area contributed by atoms with Crippen molar-refractivity contribution >= 4 is 29.4 Å². The second kappa shape index (κ2) is 6.77. The van der Waals surface area contributed by atoms with E-state index >= 15 is 0 Å². The van der Waals surface area contributed by atoms with Crippen molar-refractivity contribution in [3.8, 4) is 22.6 Å². The predicted molar refractivity (Wildman–Crippen MR) is 95.8 cm³/mol. The summed E-state index contributed by atoms with van der Waals surface area (Å²) in [4.78, 5) is 12.3. The molecule has 5 rings (SSSR count). The summed E-state index contributed by atoms with van der Waals surface area (Å²) >= 11 is 0. The molecular formula is C20H12KO4P. The van der Waals surface area contributed by atoms with Gasteiger partial charge in [-0.1, -0.05) is 60.7 Å². The molecule has 0 radical (unpaired) electrons. The Labute approximate surface area is 192 Å². The summed E-state index contributed by atoms with van der Waals surface area (Å²) in [6.45, 7) is 0. The van der Waals surface area contributed by atoms with Crippen LogP contribution in [0.2, 0.25) is 0 Å². The van der Waals surface area contributed by atoms with Gasteiger partial charge in [0.2, 0.25) is 0 Å². The van der Waals surface area contributed by atoms with Crippen LogP contribution in [-0.2, 0) is 4.57 Å². The van der Waals surface area contributed by atoms with Crippen LogP contribution >= 0.6 is 7.82 Å². The second-order valence-electron chi connectivity index (χ2n) is 5.95. The number of fused-ring (bicyclic) bond motifs is 7. The minimum Gasteiger partial charge on any atom is -0.736 e. The largest absolute Gasteiger partial charge is 1.00 e. The van der Waals surface area contributed by atoms with Gasteiger partial charge in [-0.25, -0.2) is 4.57 Å². The van der Waals surface area contributed by atoms with Gasteiger partial charge in [0.25, 0.3) is 0 Å². The van der Waals surface area contributed by atoms with Crippen LogP contribution in [0, 0.1) is 0 Å². The van der Waals surface area contributed by atoms with Crippen molar-refractivity contribution in [3.63, 3.8) is 0 Å². The molecule has 0 aromatic heterocycles. The van der Waals surface area contributed by atoms with Gasteiger partial charge in [0.1, 0.15) is 11.5 Å². The molecular weight excluding hydrogens is 374 g/mol. The van der Waals surface area contributed by atoms with E-state index in [1.165, 1.54) is 0 Å². The van der Waals surface area contributed by atoms with Crippen LogP contribution in [0.3, 0.4) is 0 Å². The molecule has 122 valence electrons. The number of hydrogen-bond donors (Lipinski definition) is 0. The average Bonchev–Trinajstić information content (AvgIpc) is 2.73. The summed E-state index contributed by atoms with van der Waals surface area (Å²) in [5.41, 5.74) is 1.47. The van der Waals surface area contributed by atoms with E-state index < -0.39 is 7.82 Å². The molecule has 4 nitrogen and oxygen atoms in total.